The van der Waals surface area contributed by atoms with Gasteiger partial charge in [0.2, 0.25) is 5.91 Å². The van der Waals surface area contributed by atoms with Gasteiger partial charge in [0.05, 0.1) is 12.6 Å². The molecule has 0 aliphatic heterocycles. The number of hydrogen-bond donors (Lipinski definition) is 1. The van der Waals surface area contributed by atoms with Crippen LogP contribution in [0.1, 0.15) is 36.5 Å². The summed E-state index contributed by atoms with van der Waals surface area (Å²) in [6.45, 7) is 4.38. The molecule has 1 N–H and O–H groups in total. The van der Waals surface area contributed by atoms with Gasteiger partial charge >= 0.3 is 6.18 Å². The van der Waals surface area contributed by atoms with Gasteiger partial charge in [-0.05, 0) is 63.3 Å². The standard InChI is InChI=1S/C20H26F3N3O2/c1-13-7-15(8-14(2)18(13)28-12-20(21,22)23)9-26(4)10-17(27)25-19(3,11-24)16-5-6-16/h7-8,16H,5-6,9-10,12H2,1-4H3,(H,25,27). The molecular weight excluding hydrogens is 371 g/mol. The van der Waals surface area contributed by atoms with Gasteiger partial charge in [-0.3, -0.25) is 9.69 Å². The van der Waals surface area contributed by atoms with Gasteiger partial charge in [0.25, 0.3) is 0 Å². The highest BCUT2D eigenvalue weighted by Gasteiger charge is 2.43. The minimum absolute atomic E-state index is 0.119. The summed E-state index contributed by atoms with van der Waals surface area (Å²) in [5.74, 6) is 0.217. The monoisotopic (exact) mass is 397 g/mol. The molecule has 0 saturated heterocycles. The molecule has 1 fully saturated rings. The normalized spacial score (nSPS) is 16.4. The number of hydrogen-bond acceptors (Lipinski definition) is 4. The summed E-state index contributed by atoms with van der Waals surface area (Å²) in [5.41, 5.74) is 1.27. The van der Waals surface area contributed by atoms with Gasteiger partial charge in [-0.2, -0.15) is 18.4 Å². The van der Waals surface area contributed by atoms with E-state index < -0.39 is 18.3 Å². The molecule has 5 nitrogen and oxygen atoms in total. The lowest BCUT2D eigenvalue weighted by Crippen LogP contribution is -2.49. The molecule has 1 aliphatic rings. The zero-order chi connectivity index (χ0) is 21.1. The van der Waals surface area contributed by atoms with Gasteiger partial charge in [-0.15, -0.1) is 0 Å². The van der Waals surface area contributed by atoms with Crippen molar-refractivity contribution in [2.75, 3.05) is 20.2 Å². The molecule has 0 aromatic heterocycles. The molecule has 1 saturated carbocycles. The zero-order valence-electron chi connectivity index (χ0n) is 16.6. The number of nitrogens with one attached hydrogen (secondary N) is 1. The third-order valence-electron chi connectivity index (χ3n) is 4.79. The van der Waals surface area contributed by atoms with Crippen molar-refractivity contribution in [3.8, 4) is 11.8 Å². The fraction of sp³-hybridized carbons (Fsp3) is 0.600. The van der Waals surface area contributed by atoms with E-state index in [0.717, 1.165) is 18.4 Å². The van der Waals surface area contributed by atoms with E-state index in [1.807, 2.05) is 0 Å². The fourth-order valence-corrected chi connectivity index (χ4v) is 3.34. The van der Waals surface area contributed by atoms with Crippen LogP contribution in [0, 0.1) is 31.1 Å². The van der Waals surface area contributed by atoms with Crippen LogP contribution in [-0.4, -0.2) is 42.7 Å². The number of benzene rings is 1. The third kappa shape index (κ3) is 6.13. The summed E-state index contributed by atoms with van der Waals surface area (Å²) in [4.78, 5) is 14.1. The third-order valence-corrected chi connectivity index (χ3v) is 4.79. The second-order valence-electron chi connectivity index (χ2n) is 7.77. The lowest BCUT2D eigenvalue weighted by molar-refractivity contribution is -0.153. The van der Waals surface area contributed by atoms with E-state index in [1.165, 1.54) is 0 Å². The summed E-state index contributed by atoms with van der Waals surface area (Å²) in [6, 6.07) is 5.71. The molecule has 0 radical (unpaired) electrons. The first-order valence-corrected chi connectivity index (χ1v) is 9.14. The van der Waals surface area contributed by atoms with Crippen LogP contribution < -0.4 is 10.1 Å². The van der Waals surface area contributed by atoms with Crippen LogP contribution in [0.2, 0.25) is 0 Å². The Balaban J connectivity index is 1.95. The Hall–Kier alpha value is -2.27. The number of nitriles is 1. The van der Waals surface area contributed by atoms with Crippen LogP contribution in [0.25, 0.3) is 0 Å². The molecular formula is C20H26F3N3O2. The highest BCUT2D eigenvalue weighted by atomic mass is 19.4. The number of halogens is 3. The van der Waals surface area contributed by atoms with Crippen molar-refractivity contribution in [2.45, 2.75) is 51.9 Å². The number of rotatable bonds is 8. The number of ether oxygens (including phenoxy) is 1. The van der Waals surface area contributed by atoms with Gasteiger partial charge in [0, 0.05) is 6.54 Å². The Morgan fingerprint density at radius 2 is 1.89 bits per heavy atom. The maximum atomic E-state index is 12.4. The van der Waals surface area contributed by atoms with Crippen LogP contribution in [-0.2, 0) is 11.3 Å². The minimum atomic E-state index is -4.39. The molecule has 1 atom stereocenters. The second kappa shape index (κ2) is 8.39. The van der Waals surface area contributed by atoms with Crippen molar-refractivity contribution in [1.29, 1.82) is 5.26 Å². The minimum Gasteiger partial charge on any atom is -0.484 e. The number of alkyl halides is 3. The highest BCUT2D eigenvalue weighted by Crippen LogP contribution is 2.39. The van der Waals surface area contributed by atoms with E-state index in [0.29, 0.717) is 17.7 Å². The van der Waals surface area contributed by atoms with Crippen molar-refractivity contribution < 1.29 is 22.7 Å². The van der Waals surface area contributed by atoms with Crippen molar-refractivity contribution in [1.82, 2.24) is 10.2 Å². The van der Waals surface area contributed by atoms with Crippen molar-refractivity contribution >= 4 is 5.91 Å². The number of aryl methyl sites for hydroxylation is 2. The van der Waals surface area contributed by atoms with E-state index in [4.69, 9.17) is 4.74 Å². The largest absolute Gasteiger partial charge is 0.484 e. The number of carbonyl (C=O) groups excluding carboxylic acids is 1. The van der Waals surface area contributed by atoms with Crippen LogP contribution in [0.5, 0.6) is 5.75 Å². The van der Waals surface area contributed by atoms with E-state index in [-0.39, 0.29) is 24.1 Å². The molecule has 154 valence electrons. The van der Waals surface area contributed by atoms with Crippen LogP contribution in [0.4, 0.5) is 13.2 Å². The predicted molar refractivity (Wildman–Crippen MR) is 98.7 cm³/mol. The summed E-state index contributed by atoms with van der Waals surface area (Å²) < 4.78 is 42.1. The Morgan fingerprint density at radius 3 is 2.36 bits per heavy atom. The van der Waals surface area contributed by atoms with E-state index >= 15 is 0 Å². The predicted octanol–water partition coefficient (Wildman–Crippen LogP) is 3.48. The van der Waals surface area contributed by atoms with Crippen molar-refractivity contribution in [3.63, 3.8) is 0 Å². The first-order chi connectivity index (χ1) is 12.9. The molecule has 0 heterocycles. The van der Waals surface area contributed by atoms with Gasteiger partial charge < -0.3 is 10.1 Å². The summed E-state index contributed by atoms with van der Waals surface area (Å²) in [7, 11) is 1.78. The summed E-state index contributed by atoms with van der Waals surface area (Å²) in [6.07, 6.45) is -2.49. The number of amides is 1. The zero-order valence-corrected chi connectivity index (χ0v) is 16.6. The molecule has 8 heteroatoms. The average molecular weight is 397 g/mol. The Bertz CT molecular complexity index is 746. The van der Waals surface area contributed by atoms with Gasteiger partial charge in [0.15, 0.2) is 6.61 Å². The van der Waals surface area contributed by atoms with E-state index in [2.05, 4.69) is 11.4 Å². The molecule has 28 heavy (non-hydrogen) atoms. The van der Waals surface area contributed by atoms with Gasteiger partial charge in [-0.25, -0.2) is 0 Å². The maximum absolute atomic E-state index is 12.4. The van der Waals surface area contributed by atoms with Crippen LogP contribution >= 0.6 is 0 Å². The first-order valence-electron chi connectivity index (χ1n) is 9.14. The average Bonchev–Trinajstić information content (AvgIpc) is 3.37. The quantitative estimate of drug-likeness (QED) is 0.729. The molecule has 1 amide bonds. The van der Waals surface area contributed by atoms with Gasteiger partial charge in [-0.1, -0.05) is 12.1 Å². The number of carbonyl (C=O) groups is 1. The number of likely N-dealkylation sites (N-methyl/N-ethyl adjacent to an activating group) is 1. The van der Waals surface area contributed by atoms with E-state index in [9.17, 15) is 23.2 Å². The number of nitrogens with zero attached hydrogens (tertiary/aromatic N) is 2. The maximum Gasteiger partial charge on any atom is 0.422 e. The molecule has 1 aromatic rings. The highest BCUT2D eigenvalue weighted by molar-refractivity contribution is 5.79. The molecule has 1 aliphatic carbocycles. The molecule has 0 spiro atoms. The Labute approximate surface area is 163 Å². The molecule has 0 bridgehead atoms. The Morgan fingerprint density at radius 1 is 1.32 bits per heavy atom. The second-order valence-corrected chi connectivity index (χ2v) is 7.77. The van der Waals surface area contributed by atoms with Crippen molar-refractivity contribution in [3.05, 3.63) is 28.8 Å². The molecule has 1 aromatic carbocycles. The Kier molecular flexibility index (Phi) is 6.60. The molecule has 1 unspecified atom stereocenters. The van der Waals surface area contributed by atoms with Crippen molar-refractivity contribution in [2.24, 2.45) is 5.92 Å². The SMILES string of the molecule is Cc1cc(CN(C)CC(=O)NC(C)(C#N)C2CC2)cc(C)c1OCC(F)(F)F. The lowest BCUT2D eigenvalue weighted by Gasteiger charge is -2.25. The first kappa shape index (κ1) is 22.0. The summed E-state index contributed by atoms with van der Waals surface area (Å²) in [5, 5.41) is 12.2. The van der Waals surface area contributed by atoms with Crippen LogP contribution in [0.15, 0.2) is 12.1 Å². The lowest BCUT2D eigenvalue weighted by atomic mass is 9.98. The summed E-state index contributed by atoms with van der Waals surface area (Å²) >= 11 is 0. The fourth-order valence-electron chi connectivity index (χ4n) is 3.34. The van der Waals surface area contributed by atoms with Gasteiger partial charge in [0.1, 0.15) is 11.3 Å². The van der Waals surface area contributed by atoms with E-state index in [1.54, 1.807) is 44.9 Å². The topological polar surface area (TPSA) is 65.4 Å². The molecule has 2 rings (SSSR count). The van der Waals surface area contributed by atoms with Crippen LogP contribution in [0.3, 0.4) is 0 Å². The smallest absolute Gasteiger partial charge is 0.422 e.